The maximum atomic E-state index is 5.08. The SMILES string of the molecule is S=c1cncc(-c2ccc(-c3ccccc3)cc2)[nH]1. The maximum absolute atomic E-state index is 5.08. The molecule has 2 nitrogen and oxygen atoms in total. The highest BCUT2D eigenvalue weighted by atomic mass is 32.1. The van der Waals surface area contributed by atoms with Crippen LogP contribution in [0.4, 0.5) is 0 Å². The summed E-state index contributed by atoms with van der Waals surface area (Å²) in [5.74, 6) is 0. The average Bonchev–Trinajstić information content (AvgIpc) is 2.48. The van der Waals surface area contributed by atoms with Gasteiger partial charge in [-0.3, -0.25) is 4.98 Å². The zero-order valence-electron chi connectivity index (χ0n) is 10.2. The molecule has 3 heteroatoms. The van der Waals surface area contributed by atoms with Crippen LogP contribution in [-0.2, 0) is 0 Å². The minimum atomic E-state index is 0.643. The lowest BCUT2D eigenvalue weighted by Crippen LogP contribution is -1.86. The zero-order chi connectivity index (χ0) is 13.1. The number of H-pyrrole nitrogens is 1. The first-order valence-corrected chi connectivity index (χ1v) is 6.44. The predicted octanol–water partition coefficient (Wildman–Crippen LogP) is 4.47. The van der Waals surface area contributed by atoms with Crippen molar-refractivity contribution < 1.29 is 0 Å². The van der Waals surface area contributed by atoms with Gasteiger partial charge in [-0.2, -0.15) is 0 Å². The fourth-order valence-electron chi connectivity index (χ4n) is 2.00. The summed E-state index contributed by atoms with van der Waals surface area (Å²) < 4.78 is 0.643. The number of nitrogens with zero attached hydrogens (tertiary/aromatic N) is 1. The Morgan fingerprint density at radius 3 is 2.05 bits per heavy atom. The third-order valence-corrected chi connectivity index (χ3v) is 3.16. The van der Waals surface area contributed by atoms with Crippen LogP contribution in [0, 0.1) is 4.64 Å². The smallest absolute Gasteiger partial charge is 0.122 e. The van der Waals surface area contributed by atoms with E-state index in [1.807, 2.05) is 18.2 Å². The van der Waals surface area contributed by atoms with Crippen molar-refractivity contribution in [2.24, 2.45) is 0 Å². The highest BCUT2D eigenvalue weighted by molar-refractivity contribution is 7.71. The maximum Gasteiger partial charge on any atom is 0.122 e. The Bertz CT molecular complexity index is 730. The fraction of sp³-hybridized carbons (Fsp3) is 0. The second-order valence-electron chi connectivity index (χ2n) is 4.25. The van der Waals surface area contributed by atoms with Crippen LogP contribution < -0.4 is 0 Å². The second kappa shape index (κ2) is 5.16. The quantitative estimate of drug-likeness (QED) is 0.692. The molecule has 0 bridgehead atoms. The van der Waals surface area contributed by atoms with Crippen molar-refractivity contribution in [2.75, 3.05) is 0 Å². The number of hydrogen-bond donors (Lipinski definition) is 1. The molecule has 0 aliphatic heterocycles. The van der Waals surface area contributed by atoms with Crippen LogP contribution in [0.1, 0.15) is 0 Å². The van der Waals surface area contributed by atoms with E-state index in [0.717, 1.165) is 11.3 Å². The summed E-state index contributed by atoms with van der Waals surface area (Å²) in [6.45, 7) is 0. The molecule has 92 valence electrons. The first kappa shape index (κ1) is 11.8. The van der Waals surface area contributed by atoms with Crippen LogP contribution in [0.3, 0.4) is 0 Å². The van der Waals surface area contributed by atoms with Gasteiger partial charge < -0.3 is 4.98 Å². The second-order valence-corrected chi connectivity index (χ2v) is 4.69. The van der Waals surface area contributed by atoms with Crippen molar-refractivity contribution in [1.29, 1.82) is 0 Å². The number of nitrogens with one attached hydrogen (secondary N) is 1. The van der Waals surface area contributed by atoms with E-state index in [-0.39, 0.29) is 0 Å². The standard InChI is InChI=1S/C16H12N2S/c19-16-11-17-10-15(18-16)14-8-6-13(7-9-14)12-4-2-1-3-5-12/h1-11H,(H,18,19). The molecule has 0 aliphatic rings. The molecule has 0 fully saturated rings. The lowest BCUT2D eigenvalue weighted by atomic mass is 10.0. The molecule has 1 heterocycles. The van der Waals surface area contributed by atoms with Crippen molar-refractivity contribution >= 4 is 12.2 Å². The molecule has 0 spiro atoms. The highest BCUT2D eigenvalue weighted by Gasteiger charge is 2.00. The summed E-state index contributed by atoms with van der Waals surface area (Å²) in [4.78, 5) is 7.24. The summed E-state index contributed by atoms with van der Waals surface area (Å²) in [5.41, 5.74) is 4.44. The Hall–Kier alpha value is -2.26. The molecule has 0 radical (unpaired) electrons. The molecule has 1 N–H and O–H groups in total. The van der Waals surface area contributed by atoms with Crippen molar-refractivity contribution in [3.05, 3.63) is 71.6 Å². The number of rotatable bonds is 2. The van der Waals surface area contributed by atoms with Gasteiger partial charge in [0.25, 0.3) is 0 Å². The Morgan fingerprint density at radius 1 is 0.737 bits per heavy atom. The fourth-order valence-corrected chi connectivity index (χ4v) is 2.17. The van der Waals surface area contributed by atoms with E-state index in [1.54, 1.807) is 12.4 Å². The van der Waals surface area contributed by atoms with Crippen LogP contribution in [-0.4, -0.2) is 9.97 Å². The molecule has 1 aromatic heterocycles. The van der Waals surface area contributed by atoms with Crippen molar-refractivity contribution in [1.82, 2.24) is 9.97 Å². The Kier molecular flexibility index (Phi) is 3.21. The molecule has 0 aliphatic carbocycles. The van der Waals surface area contributed by atoms with E-state index in [9.17, 15) is 0 Å². The zero-order valence-corrected chi connectivity index (χ0v) is 11.0. The van der Waals surface area contributed by atoms with Crippen LogP contribution in [0.25, 0.3) is 22.4 Å². The topological polar surface area (TPSA) is 28.7 Å². The molecular formula is C16H12N2S. The number of benzene rings is 2. The van der Waals surface area contributed by atoms with Crippen LogP contribution >= 0.6 is 12.2 Å². The third-order valence-electron chi connectivity index (χ3n) is 2.96. The summed E-state index contributed by atoms with van der Waals surface area (Å²) in [6, 6.07) is 18.7. The largest absolute Gasteiger partial charge is 0.344 e. The number of hydrogen-bond acceptors (Lipinski definition) is 2. The number of aromatic nitrogens is 2. The van der Waals surface area contributed by atoms with Gasteiger partial charge in [0.15, 0.2) is 0 Å². The van der Waals surface area contributed by atoms with Crippen molar-refractivity contribution in [3.8, 4) is 22.4 Å². The summed E-state index contributed by atoms with van der Waals surface area (Å²) >= 11 is 5.08. The predicted molar refractivity (Wildman–Crippen MR) is 80.3 cm³/mol. The van der Waals surface area contributed by atoms with Gasteiger partial charge in [0, 0.05) is 0 Å². The van der Waals surface area contributed by atoms with Crippen LogP contribution in [0.5, 0.6) is 0 Å². The molecule has 3 aromatic rings. The molecule has 19 heavy (non-hydrogen) atoms. The molecule has 0 saturated carbocycles. The first-order valence-electron chi connectivity index (χ1n) is 6.03. The van der Waals surface area contributed by atoms with Gasteiger partial charge in [0.2, 0.25) is 0 Å². The molecule has 2 aromatic carbocycles. The van der Waals surface area contributed by atoms with Gasteiger partial charge in [-0.1, -0.05) is 66.8 Å². The van der Waals surface area contributed by atoms with Gasteiger partial charge in [-0.05, 0) is 16.7 Å². The van der Waals surface area contributed by atoms with Crippen LogP contribution in [0.15, 0.2) is 67.0 Å². The lowest BCUT2D eigenvalue weighted by Gasteiger charge is -2.04. The van der Waals surface area contributed by atoms with Crippen molar-refractivity contribution in [3.63, 3.8) is 0 Å². The van der Waals surface area contributed by atoms with Crippen molar-refractivity contribution in [2.45, 2.75) is 0 Å². The average molecular weight is 264 g/mol. The van der Waals surface area contributed by atoms with Gasteiger partial charge in [0.1, 0.15) is 4.64 Å². The van der Waals surface area contributed by atoms with Gasteiger partial charge in [0.05, 0.1) is 18.1 Å². The summed E-state index contributed by atoms with van der Waals surface area (Å²) in [5, 5.41) is 0. The van der Waals surface area contributed by atoms with Gasteiger partial charge >= 0.3 is 0 Å². The van der Waals surface area contributed by atoms with Gasteiger partial charge in [-0.25, -0.2) is 0 Å². The minimum absolute atomic E-state index is 0.643. The number of aromatic amines is 1. The molecule has 0 amide bonds. The Morgan fingerprint density at radius 2 is 1.37 bits per heavy atom. The normalized spacial score (nSPS) is 10.3. The third kappa shape index (κ3) is 2.61. The Labute approximate surface area is 116 Å². The monoisotopic (exact) mass is 264 g/mol. The van der Waals surface area contributed by atoms with E-state index in [0.29, 0.717) is 4.64 Å². The molecule has 3 rings (SSSR count). The molecule has 0 unspecified atom stereocenters. The lowest BCUT2D eigenvalue weighted by molar-refractivity contribution is 1.18. The van der Waals surface area contributed by atoms with E-state index in [4.69, 9.17) is 12.2 Å². The van der Waals surface area contributed by atoms with Gasteiger partial charge in [-0.15, -0.1) is 0 Å². The summed E-state index contributed by atoms with van der Waals surface area (Å²) in [6.07, 6.45) is 3.42. The molecule has 0 atom stereocenters. The molecular weight excluding hydrogens is 252 g/mol. The first-order chi connectivity index (χ1) is 9.33. The van der Waals surface area contributed by atoms with E-state index in [2.05, 4.69) is 46.4 Å². The minimum Gasteiger partial charge on any atom is -0.344 e. The Balaban J connectivity index is 1.98. The summed E-state index contributed by atoms with van der Waals surface area (Å²) in [7, 11) is 0. The van der Waals surface area contributed by atoms with Crippen LogP contribution in [0.2, 0.25) is 0 Å². The molecule has 0 saturated heterocycles. The highest BCUT2D eigenvalue weighted by Crippen LogP contribution is 2.23. The van der Waals surface area contributed by atoms with E-state index >= 15 is 0 Å². The van der Waals surface area contributed by atoms with E-state index < -0.39 is 0 Å². The van der Waals surface area contributed by atoms with E-state index in [1.165, 1.54) is 11.1 Å².